The van der Waals surface area contributed by atoms with E-state index in [1.807, 2.05) is 18.2 Å². The average Bonchev–Trinajstić information content (AvgIpc) is 2.89. The van der Waals surface area contributed by atoms with Gasteiger partial charge in [-0.15, -0.1) is 0 Å². The molecule has 4 nitrogen and oxygen atoms in total. The molecule has 2 aliphatic rings. The molecule has 2 fully saturated rings. The molecule has 4 atom stereocenters. The molecule has 2 bridgehead atoms. The summed E-state index contributed by atoms with van der Waals surface area (Å²) in [4.78, 5) is 0. The van der Waals surface area contributed by atoms with Crippen LogP contribution in [0.25, 0.3) is 0 Å². The third-order valence-electron chi connectivity index (χ3n) is 4.28. The first kappa shape index (κ1) is 14.0. The van der Waals surface area contributed by atoms with Crippen LogP contribution in [0.4, 0.5) is 0 Å². The predicted molar refractivity (Wildman–Crippen MR) is 74.3 cm³/mol. The molecule has 3 rings (SSSR count). The van der Waals surface area contributed by atoms with Crippen molar-refractivity contribution in [3.63, 3.8) is 0 Å². The second kappa shape index (κ2) is 5.82. The van der Waals surface area contributed by atoms with Crippen LogP contribution in [0.5, 0.6) is 0 Å². The number of hydrogen-bond acceptors (Lipinski definition) is 4. The van der Waals surface area contributed by atoms with Gasteiger partial charge in [0.2, 0.25) is 0 Å². The largest absolute Gasteiger partial charge is 0.376 e. The van der Waals surface area contributed by atoms with Crippen LogP contribution in [-0.2, 0) is 25.6 Å². The molecule has 0 amide bonds. The van der Waals surface area contributed by atoms with Crippen molar-refractivity contribution in [3.05, 3.63) is 35.9 Å². The summed E-state index contributed by atoms with van der Waals surface area (Å²) in [7, 11) is 1.71. The molecule has 1 aromatic carbocycles. The Kier molecular flexibility index (Phi) is 4.08. The Bertz CT molecular complexity index is 435. The van der Waals surface area contributed by atoms with Gasteiger partial charge in [0.15, 0.2) is 5.79 Å². The van der Waals surface area contributed by atoms with Crippen molar-refractivity contribution < 1.29 is 18.9 Å². The molecule has 0 saturated carbocycles. The second-order valence-electron chi connectivity index (χ2n) is 5.43. The first-order valence-electron chi connectivity index (χ1n) is 7.27. The fraction of sp³-hybridized carbons (Fsp3) is 0.625. The molecule has 2 heterocycles. The van der Waals surface area contributed by atoms with Gasteiger partial charge in [-0.25, -0.2) is 0 Å². The first-order chi connectivity index (χ1) is 9.77. The fourth-order valence-corrected chi connectivity index (χ4v) is 3.08. The van der Waals surface area contributed by atoms with Crippen LogP contribution >= 0.6 is 0 Å². The van der Waals surface area contributed by atoms with Crippen LogP contribution in [0.1, 0.15) is 25.3 Å². The minimum absolute atomic E-state index is 0.0186. The molecule has 4 heteroatoms. The maximum absolute atomic E-state index is 6.07. The highest BCUT2D eigenvalue weighted by Crippen LogP contribution is 2.41. The third-order valence-corrected chi connectivity index (χ3v) is 4.28. The zero-order chi connectivity index (χ0) is 14.0. The lowest BCUT2D eigenvalue weighted by Crippen LogP contribution is -2.52. The van der Waals surface area contributed by atoms with Crippen molar-refractivity contribution in [1.29, 1.82) is 0 Å². The molecule has 2 saturated heterocycles. The molecule has 1 aromatic rings. The minimum atomic E-state index is -0.563. The standard InChI is InChI=1S/C16H22O4/c1-3-16-15(17-2)9-13(14(20-16)11-19-16)18-10-12-7-5-4-6-8-12/h4-8,13-15H,3,9-11H2,1-2H3/t13-,14+,15+,16+/m0/s1. The molecule has 20 heavy (non-hydrogen) atoms. The highest BCUT2D eigenvalue weighted by Gasteiger charge is 2.54. The van der Waals surface area contributed by atoms with Gasteiger partial charge in [-0.3, -0.25) is 0 Å². The summed E-state index contributed by atoms with van der Waals surface area (Å²) in [6.45, 7) is 3.26. The zero-order valence-electron chi connectivity index (χ0n) is 12.1. The van der Waals surface area contributed by atoms with Crippen LogP contribution in [0.3, 0.4) is 0 Å². The first-order valence-corrected chi connectivity index (χ1v) is 7.27. The zero-order valence-corrected chi connectivity index (χ0v) is 12.1. The van der Waals surface area contributed by atoms with Gasteiger partial charge in [0.25, 0.3) is 0 Å². The van der Waals surface area contributed by atoms with E-state index in [0.29, 0.717) is 13.2 Å². The number of ether oxygens (including phenoxy) is 4. The minimum Gasteiger partial charge on any atom is -0.376 e. The summed E-state index contributed by atoms with van der Waals surface area (Å²) < 4.78 is 23.5. The summed E-state index contributed by atoms with van der Waals surface area (Å²) in [5, 5.41) is 0. The van der Waals surface area contributed by atoms with E-state index in [1.165, 1.54) is 5.56 Å². The molecular formula is C16H22O4. The van der Waals surface area contributed by atoms with E-state index in [9.17, 15) is 0 Å². The van der Waals surface area contributed by atoms with Gasteiger partial charge in [0.1, 0.15) is 12.2 Å². The highest BCUT2D eigenvalue weighted by atomic mass is 16.8. The Hall–Kier alpha value is -0.940. The average molecular weight is 278 g/mol. The smallest absolute Gasteiger partial charge is 0.195 e. The van der Waals surface area contributed by atoms with E-state index in [0.717, 1.165) is 12.8 Å². The summed E-state index contributed by atoms with van der Waals surface area (Å²) in [6, 6.07) is 10.2. The molecule has 2 aliphatic heterocycles. The molecule has 0 aromatic heterocycles. The number of rotatable bonds is 5. The molecule has 0 spiro atoms. The quantitative estimate of drug-likeness (QED) is 0.829. The van der Waals surface area contributed by atoms with Crippen molar-refractivity contribution in [2.75, 3.05) is 13.7 Å². The van der Waals surface area contributed by atoms with Gasteiger partial charge in [-0.1, -0.05) is 37.3 Å². The molecule has 0 unspecified atom stereocenters. The van der Waals surface area contributed by atoms with Gasteiger partial charge in [-0.2, -0.15) is 0 Å². The van der Waals surface area contributed by atoms with Crippen LogP contribution in [0.15, 0.2) is 30.3 Å². The van der Waals surface area contributed by atoms with Gasteiger partial charge < -0.3 is 18.9 Å². The van der Waals surface area contributed by atoms with E-state index >= 15 is 0 Å². The van der Waals surface area contributed by atoms with E-state index in [4.69, 9.17) is 18.9 Å². The second-order valence-corrected chi connectivity index (χ2v) is 5.43. The number of benzene rings is 1. The van der Waals surface area contributed by atoms with Gasteiger partial charge >= 0.3 is 0 Å². The number of methoxy groups -OCH3 is 1. The van der Waals surface area contributed by atoms with E-state index < -0.39 is 5.79 Å². The molecular weight excluding hydrogens is 256 g/mol. The fourth-order valence-electron chi connectivity index (χ4n) is 3.08. The topological polar surface area (TPSA) is 36.9 Å². The van der Waals surface area contributed by atoms with Gasteiger partial charge in [0, 0.05) is 20.0 Å². The van der Waals surface area contributed by atoms with Crippen LogP contribution in [0, 0.1) is 0 Å². The Balaban J connectivity index is 1.64. The van der Waals surface area contributed by atoms with Crippen molar-refractivity contribution in [2.45, 2.75) is 50.5 Å². The van der Waals surface area contributed by atoms with Crippen LogP contribution in [-0.4, -0.2) is 37.8 Å². The lowest BCUT2D eigenvalue weighted by Gasteiger charge is -2.40. The summed E-state index contributed by atoms with van der Waals surface area (Å²) >= 11 is 0. The predicted octanol–water partition coefficient (Wildman–Crippen LogP) is 2.51. The van der Waals surface area contributed by atoms with Gasteiger partial charge in [-0.05, 0) is 5.56 Å². The Morgan fingerprint density at radius 2 is 2.10 bits per heavy atom. The van der Waals surface area contributed by atoms with Crippen molar-refractivity contribution in [1.82, 2.24) is 0 Å². The monoisotopic (exact) mass is 278 g/mol. The molecule has 0 radical (unpaired) electrons. The summed E-state index contributed by atoms with van der Waals surface area (Å²) in [6.07, 6.45) is 1.61. The normalized spacial score (nSPS) is 36.2. The van der Waals surface area contributed by atoms with Crippen molar-refractivity contribution in [3.8, 4) is 0 Å². The van der Waals surface area contributed by atoms with Crippen molar-refractivity contribution in [2.24, 2.45) is 0 Å². The van der Waals surface area contributed by atoms with Crippen LogP contribution < -0.4 is 0 Å². The van der Waals surface area contributed by atoms with Crippen molar-refractivity contribution >= 4 is 0 Å². The van der Waals surface area contributed by atoms with E-state index in [2.05, 4.69) is 19.1 Å². The lowest BCUT2D eigenvalue weighted by atomic mass is 9.96. The lowest BCUT2D eigenvalue weighted by molar-refractivity contribution is -0.275. The maximum Gasteiger partial charge on any atom is 0.195 e. The maximum atomic E-state index is 6.07. The Labute approximate surface area is 120 Å². The highest BCUT2D eigenvalue weighted by molar-refractivity contribution is 5.13. The Morgan fingerprint density at radius 1 is 1.30 bits per heavy atom. The molecule has 0 aliphatic carbocycles. The van der Waals surface area contributed by atoms with E-state index in [-0.39, 0.29) is 18.3 Å². The van der Waals surface area contributed by atoms with E-state index in [1.54, 1.807) is 7.11 Å². The molecule has 0 N–H and O–H groups in total. The number of hydrogen-bond donors (Lipinski definition) is 0. The summed E-state index contributed by atoms with van der Waals surface area (Å²) in [5.41, 5.74) is 1.17. The third kappa shape index (κ3) is 2.49. The summed E-state index contributed by atoms with van der Waals surface area (Å²) in [5.74, 6) is -0.563. The van der Waals surface area contributed by atoms with Crippen LogP contribution in [0.2, 0.25) is 0 Å². The SMILES string of the molecule is CC[C@@]12OC[C@@H](O1)[C@@H](OCc1ccccc1)C[C@H]2OC. The Morgan fingerprint density at radius 3 is 2.80 bits per heavy atom. The molecule has 110 valence electrons. The van der Waals surface area contributed by atoms with Gasteiger partial charge in [0.05, 0.1) is 19.3 Å². The number of fused-ring (bicyclic) bond motifs is 2.